The van der Waals surface area contributed by atoms with E-state index in [4.69, 9.17) is 0 Å². The summed E-state index contributed by atoms with van der Waals surface area (Å²) in [5.74, 6) is -0.243. The van der Waals surface area contributed by atoms with E-state index in [0.717, 1.165) is 12.0 Å². The quantitative estimate of drug-likeness (QED) is 0.780. The number of amides is 1. The van der Waals surface area contributed by atoms with E-state index in [1.807, 2.05) is 19.1 Å². The first-order valence-corrected chi connectivity index (χ1v) is 8.01. The van der Waals surface area contributed by atoms with Crippen LogP contribution in [0.5, 0.6) is 0 Å². The molecule has 0 bridgehead atoms. The number of aryl methyl sites for hydroxylation is 1. The van der Waals surface area contributed by atoms with Crippen LogP contribution in [0.4, 0.5) is 0 Å². The van der Waals surface area contributed by atoms with E-state index in [0.29, 0.717) is 5.65 Å². The molecule has 0 radical (unpaired) electrons. The van der Waals surface area contributed by atoms with Crippen LogP contribution < -0.4 is 11.0 Å². The summed E-state index contributed by atoms with van der Waals surface area (Å²) >= 11 is 0. The number of hydrogen-bond acceptors (Lipinski definition) is 3. The lowest BCUT2D eigenvalue weighted by atomic mass is 10.1. The summed E-state index contributed by atoms with van der Waals surface area (Å²) in [4.78, 5) is 24.4. The fourth-order valence-corrected chi connectivity index (χ4v) is 2.62. The first-order valence-electron chi connectivity index (χ1n) is 8.01. The molecule has 0 spiro atoms. The molecule has 6 nitrogen and oxygen atoms in total. The lowest BCUT2D eigenvalue weighted by Crippen LogP contribution is -2.34. The molecule has 0 fully saturated rings. The monoisotopic (exact) mass is 324 g/mol. The van der Waals surface area contributed by atoms with Gasteiger partial charge >= 0.3 is 5.69 Å². The van der Waals surface area contributed by atoms with Crippen LogP contribution in [-0.4, -0.2) is 20.1 Å². The van der Waals surface area contributed by atoms with Crippen molar-refractivity contribution >= 4 is 11.6 Å². The molecule has 3 rings (SSSR count). The third-order valence-electron chi connectivity index (χ3n) is 4.05. The Hall–Kier alpha value is -2.89. The second kappa shape index (κ2) is 6.70. The minimum atomic E-state index is -0.319. The molecule has 1 N–H and O–H groups in total. The van der Waals surface area contributed by atoms with Crippen LogP contribution in [0.3, 0.4) is 0 Å². The van der Waals surface area contributed by atoms with Gasteiger partial charge in [0.2, 0.25) is 5.91 Å². The van der Waals surface area contributed by atoms with Gasteiger partial charge in [-0.25, -0.2) is 9.48 Å². The SMILES string of the molecule is CCc1ccc(C(C)NC(=O)Cn2nc3ccccn3c2=O)cc1. The molecular formula is C18H20N4O2. The highest BCUT2D eigenvalue weighted by Gasteiger charge is 2.13. The number of rotatable bonds is 5. The first-order chi connectivity index (χ1) is 11.6. The highest BCUT2D eigenvalue weighted by molar-refractivity contribution is 5.76. The summed E-state index contributed by atoms with van der Waals surface area (Å²) in [6.07, 6.45) is 2.62. The fourth-order valence-electron chi connectivity index (χ4n) is 2.62. The van der Waals surface area contributed by atoms with Crippen LogP contribution in [0.1, 0.15) is 31.0 Å². The normalized spacial score (nSPS) is 12.2. The van der Waals surface area contributed by atoms with Crippen molar-refractivity contribution in [1.82, 2.24) is 19.5 Å². The number of fused-ring (bicyclic) bond motifs is 1. The zero-order valence-corrected chi connectivity index (χ0v) is 13.8. The number of pyridine rings is 1. The molecule has 0 aliphatic carbocycles. The number of benzene rings is 1. The van der Waals surface area contributed by atoms with Crippen molar-refractivity contribution in [3.63, 3.8) is 0 Å². The van der Waals surface area contributed by atoms with Gasteiger partial charge in [-0.1, -0.05) is 37.3 Å². The smallest absolute Gasteiger partial charge is 0.348 e. The molecule has 0 saturated carbocycles. The summed E-state index contributed by atoms with van der Waals surface area (Å²) in [6, 6.07) is 13.3. The molecule has 0 aliphatic rings. The molecule has 1 aromatic carbocycles. The van der Waals surface area contributed by atoms with E-state index in [1.54, 1.807) is 24.4 Å². The number of nitrogens with one attached hydrogen (secondary N) is 1. The Kier molecular flexibility index (Phi) is 4.46. The molecule has 2 heterocycles. The summed E-state index contributed by atoms with van der Waals surface area (Å²) in [6.45, 7) is 3.93. The van der Waals surface area contributed by atoms with Gasteiger partial charge in [0.1, 0.15) is 6.54 Å². The lowest BCUT2D eigenvalue weighted by Gasteiger charge is -2.14. The van der Waals surface area contributed by atoms with Crippen molar-refractivity contribution in [3.8, 4) is 0 Å². The van der Waals surface area contributed by atoms with Gasteiger partial charge in [0.15, 0.2) is 5.65 Å². The fraction of sp³-hybridized carbons (Fsp3) is 0.278. The van der Waals surface area contributed by atoms with Crippen LogP contribution in [0.15, 0.2) is 53.5 Å². The van der Waals surface area contributed by atoms with Crippen molar-refractivity contribution in [2.45, 2.75) is 32.9 Å². The predicted molar refractivity (Wildman–Crippen MR) is 91.8 cm³/mol. The largest absolute Gasteiger partial charge is 0.350 e. The molecule has 0 saturated heterocycles. The Balaban J connectivity index is 1.70. The zero-order valence-electron chi connectivity index (χ0n) is 13.8. The van der Waals surface area contributed by atoms with Crippen molar-refractivity contribution in [2.24, 2.45) is 0 Å². The number of aromatic nitrogens is 3. The highest BCUT2D eigenvalue weighted by atomic mass is 16.2. The summed E-state index contributed by atoms with van der Waals surface area (Å²) in [7, 11) is 0. The van der Waals surface area contributed by atoms with E-state index in [-0.39, 0.29) is 24.2 Å². The second-order valence-electron chi connectivity index (χ2n) is 5.75. The lowest BCUT2D eigenvalue weighted by molar-refractivity contribution is -0.122. The van der Waals surface area contributed by atoms with Crippen molar-refractivity contribution < 1.29 is 4.79 Å². The van der Waals surface area contributed by atoms with Gasteiger partial charge in [0.05, 0.1) is 6.04 Å². The predicted octanol–water partition coefficient (Wildman–Crippen LogP) is 1.94. The molecule has 0 aliphatic heterocycles. The summed E-state index contributed by atoms with van der Waals surface area (Å²) in [5.41, 5.74) is 2.50. The number of carbonyl (C=O) groups is 1. The van der Waals surface area contributed by atoms with Gasteiger partial charge in [-0.3, -0.25) is 9.20 Å². The van der Waals surface area contributed by atoms with Gasteiger partial charge in [-0.05, 0) is 36.6 Å². The highest BCUT2D eigenvalue weighted by Crippen LogP contribution is 2.13. The Morgan fingerprint density at radius 2 is 1.96 bits per heavy atom. The maximum Gasteiger partial charge on any atom is 0.350 e. The summed E-state index contributed by atoms with van der Waals surface area (Å²) in [5, 5.41) is 7.07. The molecular weight excluding hydrogens is 304 g/mol. The summed E-state index contributed by atoms with van der Waals surface area (Å²) < 4.78 is 2.59. The second-order valence-corrected chi connectivity index (χ2v) is 5.75. The Labute approximate surface area is 139 Å². The van der Waals surface area contributed by atoms with Crippen LogP contribution >= 0.6 is 0 Å². The molecule has 1 amide bonds. The Bertz CT molecular complexity index is 909. The van der Waals surface area contributed by atoms with E-state index >= 15 is 0 Å². The van der Waals surface area contributed by atoms with Crippen LogP contribution in [0, 0.1) is 0 Å². The molecule has 1 unspecified atom stereocenters. The average molecular weight is 324 g/mol. The van der Waals surface area contributed by atoms with Gasteiger partial charge in [0, 0.05) is 6.20 Å². The van der Waals surface area contributed by atoms with Crippen molar-refractivity contribution in [2.75, 3.05) is 0 Å². The third-order valence-corrected chi connectivity index (χ3v) is 4.05. The molecule has 1 atom stereocenters. The third kappa shape index (κ3) is 3.22. The van der Waals surface area contributed by atoms with Gasteiger partial charge in [0.25, 0.3) is 0 Å². The van der Waals surface area contributed by atoms with Gasteiger partial charge < -0.3 is 5.32 Å². The minimum Gasteiger partial charge on any atom is -0.348 e. The van der Waals surface area contributed by atoms with Crippen molar-refractivity contribution in [3.05, 3.63) is 70.3 Å². The van der Waals surface area contributed by atoms with Crippen LogP contribution in [0.25, 0.3) is 5.65 Å². The average Bonchev–Trinajstić information content (AvgIpc) is 2.91. The van der Waals surface area contributed by atoms with Gasteiger partial charge in [-0.15, -0.1) is 5.10 Å². The van der Waals surface area contributed by atoms with E-state index in [1.165, 1.54) is 14.6 Å². The molecule has 3 aromatic rings. The maximum atomic E-state index is 12.2. The van der Waals surface area contributed by atoms with E-state index in [2.05, 4.69) is 29.5 Å². The van der Waals surface area contributed by atoms with Gasteiger partial charge in [-0.2, -0.15) is 0 Å². The molecule has 6 heteroatoms. The minimum absolute atomic E-state index is 0.0993. The van der Waals surface area contributed by atoms with Crippen molar-refractivity contribution in [1.29, 1.82) is 0 Å². The van der Waals surface area contributed by atoms with E-state index < -0.39 is 0 Å². The molecule has 2 aromatic heterocycles. The molecule has 24 heavy (non-hydrogen) atoms. The Morgan fingerprint density at radius 1 is 1.21 bits per heavy atom. The topological polar surface area (TPSA) is 68.4 Å². The van der Waals surface area contributed by atoms with Crippen LogP contribution in [0.2, 0.25) is 0 Å². The number of nitrogens with zero attached hydrogens (tertiary/aromatic N) is 3. The Morgan fingerprint density at radius 3 is 2.62 bits per heavy atom. The standard InChI is InChI=1S/C18H20N4O2/c1-3-14-7-9-15(10-8-14)13(2)19-17(23)12-22-18(24)21-11-5-4-6-16(21)20-22/h4-11,13H,3,12H2,1-2H3,(H,19,23). The zero-order chi connectivity index (χ0) is 17.1. The first kappa shape index (κ1) is 16.0. The number of hydrogen-bond donors (Lipinski definition) is 1. The molecule has 124 valence electrons. The number of carbonyl (C=O) groups excluding carboxylic acids is 1. The van der Waals surface area contributed by atoms with E-state index in [9.17, 15) is 9.59 Å². The van der Waals surface area contributed by atoms with Crippen LogP contribution in [-0.2, 0) is 17.8 Å². The maximum absolute atomic E-state index is 12.2.